The fraction of sp³-hybridized carbons (Fsp3) is 0.250. The van der Waals surface area contributed by atoms with E-state index in [9.17, 15) is 18.7 Å². The molecule has 0 spiro atoms. The zero-order valence-electron chi connectivity index (χ0n) is 12.4. The van der Waals surface area contributed by atoms with Crippen LogP contribution in [0.1, 0.15) is 16.2 Å². The predicted molar refractivity (Wildman–Crippen MR) is 79.2 cm³/mol. The third-order valence-electron chi connectivity index (χ3n) is 2.95. The maximum Gasteiger partial charge on any atom is 0.269 e. The molecule has 1 aromatic carbocycles. The number of carbonyl (C=O) groups is 1. The second kappa shape index (κ2) is 7.64. The third kappa shape index (κ3) is 5.00. The van der Waals surface area contributed by atoms with Crippen molar-refractivity contribution in [1.29, 1.82) is 0 Å². The van der Waals surface area contributed by atoms with Crippen molar-refractivity contribution in [3.63, 3.8) is 0 Å². The van der Waals surface area contributed by atoms with Crippen LogP contribution in [0.2, 0.25) is 0 Å². The maximum absolute atomic E-state index is 13.0. The summed E-state index contributed by atoms with van der Waals surface area (Å²) in [7, 11) is 0. The van der Waals surface area contributed by atoms with Gasteiger partial charge >= 0.3 is 0 Å². The summed E-state index contributed by atoms with van der Waals surface area (Å²) in [5.74, 6) is -2.33. The number of aliphatic hydroxyl groups excluding tert-OH is 1. The van der Waals surface area contributed by atoms with Crippen LogP contribution in [-0.2, 0) is 0 Å². The van der Waals surface area contributed by atoms with Gasteiger partial charge in [-0.2, -0.15) is 0 Å². The van der Waals surface area contributed by atoms with Crippen LogP contribution in [0.4, 0.5) is 8.78 Å². The van der Waals surface area contributed by atoms with Gasteiger partial charge in [-0.3, -0.25) is 4.79 Å². The lowest BCUT2D eigenvalue weighted by Gasteiger charge is -2.13. The molecule has 1 amide bonds. The number of nitrogens with one attached hydrogen (secondary N) is 1. The zero-order valence-corrected chi connectivity index (χ0v) is 12.4. The summed E-state index contributed by atoms with van der Waals surface area (Å²) in [5.41, 5.74) is 0.957. The van der Waals surface area contributed by atoms with Crippen molar-refractivity contribution in [3.8, 4) is 5.75 Å². The molecule has 0 radical (unpaired) electrons. The second-order valence-electron chi connectivity index (χ2n) is 4.91. The number of rotatable bonds is 6. The van der Waals surface area contributed by atoms with Gasteiger partial charge in [0.05, 0.1) is 0 Å². The Morgan fingerprint density at radius 1 is 1.30 bits per heavy atom. The summed E-state index contributed by atoms with van der Waals surface area (Å²) < 4.78 is 30.9. The predicted octanol–water partition coefficient (Wildman–Crippen LogP) is 1.84. The molecule has 2 rings (SSSR count). The monoisotopic (exact) mass is 322 g/mol. The first kappa shape index (κ1) is 16.8. The van der Waals surface area contributed by atoms with Crippen molar-refractivity contribution in [3.05, 3.63) is 59.4 Å². The number of hydrogen-bond donors (Lipinski definition) is 2. The number of pyridine rings is 1. The quantitative estimate of drug-likeness (QED) is 0.851. The fourth-order valence-electron chi connectivity index (χ4n) is 1.79. The van der Waals surface area contributed by atoms with Gasteiger partial charge in [0, 0.05) is 18.3 Å². The minimum atomic E-state index is -1.03. The highest BCUT2D eigenvalue weighted by molar-refractivity contribution is 5.92. The molecule has 0 aliphatic carbocycles. The summed E-state index contributed by atoms with van der Waals surface area (Å²) >= 11 is 0. The molecule has 122 valence electrons. The van der Waals surface area contributed by atoms with Gasteiger partial charge < -0.3 is 15.2 Å². The van der Waals surface area contributed by atoms with Gasteiger partial charge in [0.25, 0.3) is 5.91 Å². The molecule has 2 N–H and O–H groups in total. The number of carbonyl (C=O) groups excluding carboxylic acids is 1. The normalized spacial score (nSPS) is 11.8. The van der Waals surface area contributed by atoms with E-state index < -0.39 is 23.6 Å². The summed E-state index contributed by atoms with van der Waals surface area (Å²) in [5, 5.41) is 12.3. The molecule has 0 fully saturated rings. The standard InChI is InChI=1S/C16H16F2N2O3/c1-10-3-2-4-15(20-10)16(22)19-8-11(21)9-23-12-5-6-13(17)14(18)7-12/h2-7,11,21H,8-9H2,1H3,(H,19,22). The largest absolute Gasteiger partial charge is 0.491 e. The van der Waals surface area contributed by atoms with Crippen molar-refractivity contribution in [2.45, 2.75) is 13.0 Å². The van der Waals surface area contributed by atoms with E-state index in [1.165, 1.54) is 6.07 Å². The average molecular weight is 322 g/mol. The number of ether oxygens (including phenoxy) is 1. The Balaban J connectivity index is 1.79. The number of aromatic nitrogens is 1. The highest BCUT2D eigenvalue weighted by atomic mass is 19.2. The van der Waals surface area contributed by atoms with Crippen LogP contribution >= 0.6 is 0 Å². The molecule has 0 saturated carbocycles. The number of nitrogens with zero attached hydrogens (tertiary/aromatic N) is 1. The topological polar surface area (TPSA) is 71.5 Å². The van der Waals surface area contributed by atoms with Gasteiger partial charge in [0.1, 0.15) is 24.2 Å². The van der Waals surface area contributed by atoms with Crippen molar-refractivity contribution >= 4 is 5.91 Å². The van der Waals surface area contributed by atoms with E-state index in [-0.39, 0.29) is 24.6 Å². The first-order chi connectivity index (χ1) is 11.0. The SMILES string of the molecule is Cc1cccc(C(=O)NCC(O)COc2ccc(F)c(F)c2)n1. The van der Waals surface area contributed by atoms with Gasteiger partial charge in [-0.25, -0.2) is 13.8 Å². The van der Waals surface area contributed by atoms with Gasteiger partial charge in [0.2, 0.25) is 0 Å². The third-order valence-corrected chi connectivity index (χ3v) is 2.95. The summed E-state index contributed by atoms with van der Waals surface area (Å²) in [4.78, 5) is 15.9. The molecule has 1 atom stereocenters. The number of halogens is 2. The van der Waals surface area contributed by atoms with E-state index in [0.29, 0.717) is 5.69 Å². The molecule has 5 nitrogen and oxygen atoms in total. The molecule has 0 saturated heterocycles. The lowest BCUT2D eigenvalue weighted by molar-refractivity contribution is 0.0839. The van der Waals surface area contributed by atoms with Gasteiger partial charge in [0.15, 0.2) is 11.6 Å². The van der Waals surface area contributed by atoms with Crippen LogP contribution in [0.15, 0.2) is 36.4 Å². The number of amides is 1. The van der Waals surface area contributed by atoms with Crippen LogP contribution in [0, 0.1) is 18.6 Å². The fourth-order valence-corrected chi connectivity index (χ4v) is 1.79. The molecule has 23 heavy (non-hydrogen) atoms. The van der Waals surface area contributed by atoms with Crippen LogP contribution in [0.25, 0.3) is 0 Å². The summed E-state index contributed by atoms with van der Waals surface area (Å²) in [6.07, 6.45) is -1.00. The van der Waals surface area contributed by atoms with E-state index in [4.69, 9.17) is 4.74 Å². The highest BCUT2D eigenvalue weighted by Gasteiger charge is 2.11. The van der Waals surface area contributed by atoms with Crippen molar-refractivity contribution in [1.82, 2.24) is 10.3 Å². The molecule has 1 aromatic heterocycles. The summed E-state index contributed by atoms with van der Waals surface area (Å²) in [6, 6.07) is 8.10. The molecule has 1 unspecified atom stereocenters. The molecule has 0 aliphatic heterocycles. The minimum absolute atomic E-state index is 0.0574. The Morgan fingerprint density at radius 3 is 2.78 bits per heavy atom. The van der Waals surface area contributed by atoms with Crippen LogP contribution in [0.5, 0.6) is 5.75 Å². The Hall–Kier alpha value is -2.54. The van der Waals surface area contributed by atoms with Crippen molar-refractivity contribution in [2.75, 3.05) is 13.2 Å². The Kier molecular flexibility index (Phi) is 5.59. The van der Waals surface area contributed by atoms with Crippen LogP contribution in [-0.4, -0.2) is 35.3 Å². The van der Waals surface area contributed by atoms with Crippen LogP contribution in [0.3, 0.4) is 0 Å². The highest BCUT2D eigenvalue weighted by Crippen LogP contribution is 2.15. The van der Waals surface area contributed by atoms with E-state index in [0.717, 1.165) is 12.1 Å². The Bertz CT molecular complexity index is 695. The zero-order chi connectivity index (χ0) is 16.8. The van der Waals surface area contributed by atoms with E-state index in [1.54, 1.807) is 25.1 Å². The minimum Gasteiger partial charge on any atom is -0.491 e. The van der Waals surface area contributed by atoms with Gasteiger partial charge in [-0.15, -0.1) is 0 Å². The number of benzene rings is 1. The van der Waals surface area contributed by atoms with E-state index in [2.05, 4.69) is 10.3 Å². The van der Waals surface area contributed by atoms with E-state index in [1.807, 2.05) is 0 Å². The van der Waals surface area contributed by atoms with E-state index >= 15 is 0 Å². The smallest absolute Gasteiger partial charge is 0.269 e. The first-order valence-corrected chi connectivity index (χ1v) is 6.93. The summed E-state index contributed by atoms with van der Waals surface area (Å²) in [6.45, 7) is 1.53. The van der Waals surface area contributed by atoms with Gasteiger partial charge in [-0.1, -0.05) is 6.07 Å². The molecule has 1 heterocycles. The average Bonchev–Trinajstić information content (AvgIpc) is 2.53. The number of hydrogen-bond acceptors (Lipinski definition) is 4. The molecule has 2 aromatic rings. The lowest BCUT2D eigenvalue weighted by Crippen LogP contribution is -2.35. The van der Waals surface area contributed by atoms with Crippen LogP contribution < -0.4 is 10.1 Å². The van der Waals surface area contributed by atoms with Crippen molar-refractivity contribution < 1.29 is 23.4 Å². The maximum atomic E-state index is 13.0. The molecule has 7 heteroatoms. The number of aryl methyl sites for hydroxylation is 1. The lowest BCUT2D eigenvalue weighted by atomic mass is 10.3. The molecule has 0 bridgehead atoms. The molecule has 0 aliphatic rings. The van der Waals surface area contributed by atoms with Crippen molar-refractivity contribution in [2.24, 2.45) is 0 Å². The molecular weight excluding hydrogens is 306 g/mol. The Morgan fingerprint density at radius 2 is 2.09 bits per heavy atom. The molecular formula is C16H16F2N2O3. The van der Waals surface area contributed by atoms with Gasteiger partial charge in [-0.05, 0) is 31.2 Å². The second-order valence-corrected chi connectivity index (χ2v) is 4.91. The first-order valence-electron chi connectivity index (χ1n) is 6.93. The number of aliphatic hydroxyl groups is 1. The Labute approximate surface area is 131 Å².